The first-order chi connectivity index (χ1) is 46.7. The van der Waals surface area contributed by atoms with Crippen LogP contribution in [0.1, 0.15) is 425 Å². The van der Waals surface area contributed by atoms with E-state index in [1.807, 2.05) is 6.08 Å². The molecular weight excluding hydrogens is 1180 g/mol. The Morgan fingerprint density at radius 3 is 1.01 bits per heavy atom. The summed E-state index contributed by atoms with van der Waals surface area (Å²) in [6.45, 7) is 4.39. The number of ether oxygens (including phenoxy) is 3. The number of aliphatic hydroxyl groups excluding tert-OH is 5. The molecule has 11 heteroatoms. The van der Waals surface area contributed by atoms with Gasteiger partial charge < -0.3 is 45.1 Å². The molecule has 1 amide bonds. The van der Waals surface area contributed by atoms with Gasteiger partial charge in [-0.3, -0.25) is 9.59 Å². The first kappa shape index (κ1) is 90.9. The van der Waals surface area contributed by atoms with Gasteiger partial charge in [0, 0.05) is 12.8 Å². The van der Waals surface area contributed by atoms with E-state index in [4.69, 9.17) is 14.2 Å². The van der Waals surface area contributed by atoms with Crippen molar-refractivity contribution in [3.63, 3.8) is 0 Å². The van der Waals surface area contributed by atoms with Gasteiger partial charge in [-0.05, 0) is 83.5 Å². The smallest absolute Gasteiger partial charge is 0.305 e. The molecule has 1 rings (SSSR count). The molecule has 1 heterocycles. The van der Waals surface area contributed by atoms with E-state index >= 15 is 0 Å². The maximum absolute atomic E-state index is 13.1. The molecule has 0 aromatic rings. The molecule has 0 spiro atoms. The van der Waals surface area contributed by atoms with Crippen LogP contribution in [-0.4, -0.2) is 100 Å². The standard InChI is InChI=1S/C84H159NO10/c1-3-5-7-9-11-13-15-17-43-48-52-56-60-64-68-72-80(89)93-73-69-65-61-57-53-49-45-42-40-38-36-34-32-30-28-26-24-22-20-18-19-21-23-25-27-29-31-33-35-37-39-41-44-47-51-55-59-63-67-71-79(88)85-76(75-94-84-83(92)82(91)81(90)78(74-86)95-84)77(87)70-66-62-58-54-50-46-16-14-12-10-8-6-4-2/h17-19,43,66,70,76-78,81-84,86-87,90-92H,3-16,20-42,44-65,67-69,71-75H2,1-2H3,(H,85,88)/b19-18-,43-17-,70-66+. The molecule has 0 saturated carbocycles. The summed E-state index contributed by atoms with van der Waals surface area (Å²) in [5, 5.41) is 54.6. The highest BCUT2D eigenvalue weighted by molar-refractivity contribution is 5.76. The first-order valence-electron chi connectivity index (χ1n) is 41.8. The average Bonchev–Trinajstić information content (AvgIpc) is 0.836. The second kappa shape index (κ2) is 73.1. The zero-order chi connectivity index (χ0) is 68.6. The number of amides is 1. The number of esters is 1. The van der Waals surface area contributed by atoms with Crippen LogP contribution in [0.15, 0.2) is 36.5 Å². The summed E-state index contributed by atoms with van der Waals surface area (Å²) in [6, 6.07) is -0.807. The van der Waals surface area contributed by atoms with Crippen LogP contribution in [0.2, 0.25) is 0 Å². The van der Waals surface area contributed by atoms with Crippen LogP contribution in [0.25, 0.3) is 0 Å². The molecule has 0 aromatic heterocycles. The fourth-order valence-electron chi connectivity index (χ4n) is 13.4. The van der Waals surface area contributed by atoms with Gasteiger partial charge in [0.25, 0.3) is 0 Å². The van der Waals surface area contributed by atoms with Gasteiger partial charge in [0.1, 0.15) is 24.4 Å². The van der Waals surface area contributed by atoms with E-state index in [0.717, 1.165) is 57.8 Å². The van der Waals surface area contributed by atoms with Gasteiger partial charge in [-0.1, -0.05) is 365 Å². The van der Waals surface area contributed by atoms with Crippen LogP contribution in [-0.2, 0) is 23.8 Å². The largest absolute Gasteiger partial charge is 0.466 e. The van der Waals surface area contributed by atoms with Crippen LogP contribution in [0.4, 0.5) is 0 Å². The molecule has 6 N–H and O–H groups in total. The van der Waals surface area contributed by atoms with Gasteiger partial charge in [-0.2, -0.15) is 0 Å². The quantitative estimate of drug-likeness (QED) is 0.0195. The SMILES string of the molecule is CCCCCCCC/C=C\CCCCCCCC(=O)OCCCCCCCCCCCCCCCCCCCC/C=C\CCCCCCCCCCCCCCCCCCCC(=O)NC(COC1OC(CO)C(O)C(O)C1O)C(O)/C=C/CCCCCCCCCCCCC. The summed E-state index contributed by atoms with van der Waals surface area (Å²) in [5.41, 5.74) is 0. The molecule has 1 fully saturated rings. The number of allylic oxidation sites excluding steroid dienone is 5. The van der Waals surface area contributed by atoms with Crippen molar-refractivity contribution in [3.05, 3.63) is 36.5 Å². The maximum atomic E-state index is 13.1. The lowest BCUT2D eigenvalue weighted by molar-refractivity contribution is -0.302. The van der Waals surface area contributed by atoms with E-state index in [2.05, 4.69) is 43.5 Å². The second-order valence-corrected chi connectivity index (χ2v) is 29.2. The van der Waals surface area contributed by atoms with Gasteiger partial charge >= 0.3 is 5.97 Å². The highest BCUT2D eigenvalue weighted by Gasteiger charge is 2.44. The molecular formula is C84H159NO10. The zero-order valence-corrected chi connectivity index (χ0v) is 62.7. The summed E-state index contributed by atoms with van der Waals surface area (Å²) >= 11 is 0. The molecule has 1 saturated heterocycles. The minimum Gasteiger partial charge on any atom is -0.466 e. The third-order valence-electron chi connectivity index (χ3n) is 20.0. The summed E-state index contributed by atoms with van der Waals surface area (Å²) in [7, 11) is 0. The fourth-order valence-corrected chi connectivity index (χ4v) is 13.4. The lowest BCUT2D eigenvalue weighted by Gasteiger charge is -2.40. The summed E-state index contributed by atoms with van der Waals surface area (Å²) in [4.78, 5) is 25.2. The summed E-state index contributed by atoms with van der Waals surface area (Å²) < 4.78 is 16.8. The van der Waals surface area contributed by atoms with Crippen LogP contribution < -0.4 is 5.32 Å². The van der Waals surface area contributed by atoms with Crippen molar-refractivity contribution in [1.82, 2.24) is 5.32 Å². The lowest BCUT2D eigenvalue weighted by atomic mass is 9.99. The van der Waals surface area contributed by atoms with Crippen molar-refractivity contribution < 1.29 is 49.3 Å². The molecule has 7 unspecified atom stereocenters. The number of nitrogens with one attached hydrogen (secondary N) is 1. The highest BCUT2D eigenvalue weighted by atomic mass is 16.7. The van der Waals surface area contributed by atoms with Gasteiger partial charge in [0.15, 0.2) is 6.29 Å². The van der Waals surface area contributed by atoms with E-state index in [-0.39, 0.29) is 18.5 Å². The third-order valence-corrected chi connectivity index (χ3v) is 20.0. The molecule has 95 heavy (non-hydrogen) atoms. The van der Waals surface area contributed by atoms with Crippen molar-refractivity contribution in [3.8, 4) is 0 Å². The Morgan fingerprint density at radius 2 is 0.674 bits per heavy atom. The number of rotatable bonds is 75. The number of hydrogen-bond donors (Lipinski definition) is 6. The summed E-state index contributed by atoms with van der Waals surface area (Å²) in [5.74, 6) is -0.165. The molecule has 0 bridgehead atoms. The molecule has 1 aliphatic heterocycles. The van der Waals surface area contributed by atoms with Gasteiger partial charge in [-0.25, -0.2) is 0 Å². The molecule has 11 nitrogen and oxygen atoms in total. The van der Waals surface area contributed by atoms with Gasteiger partial charge in [0.05, 0.1) is 32.0 Å². The predicted molar refractivity (Wildman–Crippen MR) is 403 cm³/mol. The van der Waals surface area contributed by atoms with Crippen LogP contribution in [0.5, 0.6) is 0 Å². The van der Waals surface area contributed by atoms with E-state index in [0.29, 0.717) is 19.4 Å². The van der Waals surface area contributed by atoms with Gasteiger partial charge in [-0.15, -0.1) is 0 Å². The maximum Gasteiger partial charge on any atom is 0.305 e. The van der Waals surface area contributed by atoms with Crippen LogP contribution in [0, 0.1) is 0 Å². The van der Waals surface area contributed by atoms with E-state index < -0.39 is 49.5 Å². The van der Waals surface area contributed by atoms with Gasteiger partial charge in [0.2, 0.25) is 5.91 Å². The highest BCUT2D eigenvalue weighted by Crippen LogP contribution is 2.24. The number of carbonyl (C=O) groups is 2. The van der Waals surface area contributed by atoms with Crippen molar-refractivity contribution in [2.24, 2.45) is 0 Å². The molecule has 0 aliphatic carbocycles. The van der Waals surface area contributed by atoms with Crippen molar-refractivity contribution >= 4 is 11.9 Å². The minimum absolute atomic E-state index is 0.00952. The van der Waals surface area contributed by atoms with E-state index in [1.54, 1.807) is 6.08 Å². The van der Waals surface area contributed by atoms with E-state index in [1.165, 1.54) is 340 Å². The monoisotopic (exact) mass is 1340 g/mol. The van der Waals surface area contributed by atoms with E-state index in [9.17, 15) is 35.1 Å². The molecule has 0 aromatic carbocycles. The second-order valence-electron chi connectivity index (χ2n) is 29.2. The summed E-state index contributed by atoms with van der Waals surface area (Å²) in [6.07, 6.45) is 86.2. The van der Waals surface area contributed by atoms with Crippen molar-refractivity contribution in [1.29, 1.82) is 0 Å². The average molecular weight is 1340 g/mol. The zero-order valence-electron chi connectivity index (χ0n) is 62.7. The Bertz CT molecular complexity index is 1670. The molecule has 560 valence electrons. The van der Waals surface area contributed by atoms with Crippen molar-refractivity contribution in [2.45, 2.75) is 468 Å². The Morgan fingerprint density at radius 1 is 0.379 bits per heavy atom. The van der Waals surface area contributed by atoms with Crippen LogP contribution >= 0.6 is 0 Å². The molecule has 7 atom stereocenters. The van der Waals surface area contributed by atoms with Crippen LogP contribution in [0.3, 0.4) is 0 Å². The predicted octanol–water partition coefficient (Wildman–Crippen LogP) is 22.9. The topological polar surface area (TPSA) is 175 Å². The lowest BCUT2D eigenvalue weighted by Crippen LogP contribution is -2.60. The number of unbranched alkanes of at least 4 members (excludes halogenated alkanes) is 57. The Labute approximate surface area is 587 Å². The Kier molecular flexibility index (Phi) is 69.9. The Balaban J connectivity index is 1.88. The normalized spacial score (nSPS) is 17.5. The number of aliphatic hydroxyl groups is 5. The third kappa shape index (κ3) is 61.5. The molecule has 0 radical (unpaired) electrons. The number of hydrogen-bond acceptors (Lipinski definition) is 10. The molecule has 1 aliphatic rings. The Hall–Kier alpha value is -2.12. The fraction of sp³-hybridized carbons (Fsp3) is 0.905. The van der Waals surface area contributed by atoms with Crippen molar-refractivity contribution in [2.75, 3.05) is 19.8 Å². The number of carbonyl (C=O) groups excluding carboxylic acids is 2. The minimum atomic E-state index is -1.57. The first-order valence-corrected chi connectivity index (χ1v) is 41.8.